The number of nitrogens with one attached hydrogen (secondary N) is 1. The molecule has 1 aliphatic carbocycles. The summed E-state index contributed by atoms with van der Waals surface area (Å²) in [7, 11) is 1.76. The van der Waals surface area contributed by atoms with Crippen LogP contribution in [0.15, 0.2) is 35.3 Å². The van der Waals surface area contributed by atoms with E-state index in [-0.39, 0.29) is 17.1 Å². The number of hydrogen-bond acceptors (Lipinski definition) is 2. The molecule has 1 fully saturated rings. The Hall–Kier alpha value is -1.55. The maximum Gasteiger partial charge on any atom is 0.193 e. The molecule has 0 saturated heterocycles. The van der Waals surface area contributed by atoms with Crippen molar-refractivity contribution in [2.24, 2.45) is 16.1 Å². The lowest BCUT2D eigenvalue weighted by molar-refractivity contribution is -0.171. The Morgan fingerprint density at radius 3 is 2.47 bits per heavy atom. The van der Waals surface area contributed by atoms with Crippen LogP contribution in [0.4, 0.5) is 5.69 Å². The number of aliphatic imine (C=N–C) groups is 1. The molecule has 2 unspecified atom stereocenters. The summed E-state index contributed by atoms with van der Waals surface area (Å²) in [6.45, 7) is 6.47. The average molecular weight is 261 g/mol. The largest absolute Gasteiger partial charge is 0.378 e. The number of benzene rings is 1. The molecular formula is C15H23N3O. The smallest absolute Gasteiger partial charge is 0.193 e. The molecule has 1 aromatic carbocycles. The first-order valence-corrected chi connectivity index (χ1v) is 6.59. The number of nitrogens with two attached hydrogens (primary N) is 1. The fourth-order valence-corrected chi connectivity index (χ4v) is 2.53. The van der Waals surface area contributed by atoms with Gasteiger partial charge in [-0.25, -0.2) is 4.99 Å². The fraction of sp³-hybridized carbons (Fsp3) is 0.533. The van der Waals surface area contributed by atoms with Gasteiger partial charge in [0.15, 0.2) is 5.96 Å². The van der Waals surface area contributed by atoms with E-state index in [1.54, 1.807) is 7.11 Å². The molecule has 0 aliphatic heterocycles. The van der Waals surface area contributed by atoms with E-state index >= 15 is 0 Å². The molecule has 0 radical (unpaired) electrons. The number of hydrogen-bond donors (Lipinski definition) is 2. The lowest BCUT2D eigenvalue weighted by atomic mass is 9.56. The van der Waals surface area contributed by atoms with Crippen molar-refractivity contribution in [3.63, 3.8) is 0 Å². The van der Waals surface area contributed by atoms with Crippen LogP contribution in [-0.2, 0) is 4.74 Å². The maximum atomic E-state index is 5.97. The molecular weight excluding hydrogens is 238 g/mol. The minimum Gasteiger partial charge on any atom is -0.378 e. The summed E-state index contributed by atoms with van der Waals surface area (Å²) in [5, 5.41) is 3.11. The molecule has 3 N–H and O–H groups in total. The van der Waals surface area contributed by atoms with Crippen LogP contribution in [-0.4, -0.2) is 24.7 Å². The summed E-state index contributed by atoms with van der Waals surface area (Å²) in [6.07, 6.45) is 0.896. The summed E-state index contributed by atoms with van der Waals surface area (Å²) >= 11 is 0. The quantitative estimate of drug-likeness (QED) is 0.649. The van der Waals surface area contributed by atoms with E-state index in [4.69, 9.17) is 10.5 Å². The highest BCUT2D eigenvalue weighted by Gasteiger charge is 2.58. The summed E-state index contributed by atoms with van der Waals surface area (Å²) < 4.78 is 5.59. The van der Waals surface area contributed by atoms with E-state index in [0.717, 1.165) is 12.1 Å². The lowest BCUT2D eigenvalue weighted by Gasteiger charge is -2.57. The van der Waals surface area contributed by atoms with Crippen molar-refractivity contribution in [2.75, 3.05) is 12.4 Å². The van der Waals surface area contributed by atoms with Crippen molar-refractivity contribution in [1.29, 1.82) is 0 Å². The van der Waals surface area contributed by atoms with Crippen LogP contribution in [0.5, 0.6) is 0 Å². The third kappa shape index (κ3) is 2.45. The number of guanidine groups is 1. The maximum absolute atomic E-state index is 5.97. The van der Waals surface area contributed by atoms with E-state index in [2.05, 4.69) is 31.1 Å². The molecule has 1 saturated carbocycles. The molecule has 104 valence electrons. The third-order valence-electron chi connectivity index (χ3n) is 4.57. The molecule has 19 heavy (non-hydrogen) atoms. The highest BCUT2D eigenvalue weighted by Crippen LogP contribution is 2.53. The summed E-state index contributed by atoms with van der Waals surface area (Å²) in [5.41, 5.74) is 6.79. The van der Waals surface area contributed by atoms with E-state index < -0.39 is 0 Å². The van der Waals surface area contributed by atoms with Crippen molar-refractivity contribution in [3.8, 4) is 0 Å². The van der Waals surface area contributed by atoms with Gasteiger partial charge in [0.1, 0.15) is 0 Å². The van der Waals surface area contributed by atoms with Crippen molar-refractivity contribution in [2.45, 2.75) is 38.8 Å². The van der Waals surface area contributed by atoms with Crippen LogP contribution >= 0.6 is 0 Å². The van der Waals surface area contributed by atoms with Gasteiger partial charge in [-0.1, -0.05) is 32.0 Å². The molecule has 0 amide bonds. The van der Waals surface area contributed by atoms with E-state index in [1.165, 1.54) is 0 Å². The molecule has 0 aromatic heterocycles. The second-order valence-electron chi connectivity index (χ2n) is 5.88. The third-order valence-corrected chi connectivity index (χ3v) is 4.57. The first-order chi connectivity index (χ1) is 8.89. The second-order valence-corrected chi connectivity index (χ2v) is 5.88. The molecule has 0 heterocycles. The van der Waals surface area contributed by atoms with Gasteiger partial charge >= 0.3 is 0 Å². The monoisotopic (exact) mass is 261 g/mol. The number of ether oxygens (including phenoxy) is 1. The molecule has 0 bridgehead atoms. The predicted octanol–water partition coefficient (Wildman–Crippen LogP) is 2.62. The molecule has 4 heteroatoms. The lowest BCUT2D eigenvalue weighted by Crippen LogP contribution is -2.62. The highest BCUT2D eigenvalue weighted by molar-refractivity contribution is 5.92. The zero-order valence-electron chi connectivity index (χ0n) is 12.1. The van der Waals surface area contributed by atoms with Gasteiger partial charge in [0, 0.05) is 18.2 Å². The standard InChI is InChI=1S/C15H23N3O/c1-14(2)12(10-15(14,3)19-4)18-13(16)17-11-8-6-5-7-9-11/h5-9,12H,10H2,1-4H3,(H3,16,17,18). The van der Waals surface area contributed by atoms with E-state index in [0.29, 0.717) is 5.96 Å². The topological polar surface area (TPSA) is 59.6 Å². The van der Waals surface area contributed by atoms with Gasteiger partial charge in [-0.05, 0) is 25.5 Å². The number of nitrogens with zero attached hydrogens (tertiary/aromatic N) is 1. The van der Waals surface area contributed by atoms with Crippen LogP contribution in [0.2, 0.25) is 0 Å². The van der Waals surface area contributed by atoms with Gasteiger partial charge in [0.25, 0.3) is 0 Å². The molecule has 2 atom stereocenters. The Bertz CT molecular complexity index is 470. The normalized spacial score (nSPS) is 29.7. The highest BCUT2D eigenvalue weighted by atomic mass is 16.5. The first-order valence-electron chi connectivity index (χ1n) is 6.59. The molecule has 0 spiro atoms. The average Bonchev–Trinajstić information content (AvgIpc) is 2.39. The van der Waals surface area contributed by atoms with Crippen molar-refractivity contribution in [3.05, 3.63) is 30.3 Å². The van der Waals surface area contributed by atoms with Crippen LogP contribution in [0.1, 0.15) is 27.2 Å². The molecule has 2 rings (SSSR count). The van der Waals surface area contributed by atoms with Crippen LogP contribution in [0.3, 0.4) is 0 Å². The first kappa shape index (κ1) is 13.9. The summed E-state index contributed by atoms with van der Waals surface area (Å²) in [5.74, 6) is 0.461. The Morgan fingerprint density at radius 2 is 1.95 bits per heavy atom. The Labute approximate surface area is 115 Å². The van der Waals surface area contributed by atoms with Gasteiger partial charge in [0.2, 0.25) is 0 Å². The second kappa shape index (κ2) is 4.85. The SMILES string of the molecule is COC1(C)CC(N=C(N)Nc2ccccc2)C1(C)C. The number of methoxy groups -OCH3 is 1. The van der Waals surface area contributed by atoms with Crippen molar-refractivity contribution >= 4 is 11.6 Å². The molecule has 1 aliphatic rings. The van der Waals surface area contributed by atoms with Crippen LogP contribution in [0, 0.1) is 5.41 Å². The predicted molar refractivity (Wildman–Crippen MR) is 79.3 cm³/mol. The zero-order valence-corrected chi connectivity index (χ0v) is 12.1. The molecule has 1 aromatic rings. The van der Waals surface area contributed by atoms with Gasteiger partial charge in [-0.15, -0.1) is 0 Å². The fourth-order valence-electron chi connectivity index (χ4n) is 2.53. The van der Waals surface area contributed by atoms with Gasteiger partial charge in [-0.2, -0.15) is 0 Å². The van der Waals surface area contributed by atoms with Gasteiger partial charge in [-0.3, -0.25) is 0 Å². The minimum atomic E-state index is -0.117. The Balaban J connectivity index is 2.03. The van der Waals surface area contributed by atoms with Crippen molar-refractivity contribution < 1.29 is 4.74 Å². The molecule has 4 nitrogen and oxygen atoms in total. The Morgan fingerprint density at radius 1 is 1.32 bits per heavy atom. The Kier molecular flexibility index (Phi) is 3.54. The van der Waals surface area contributed by atoms with Crippen molar-refractivity contribution in [1.82, 2.24) is 0 Å². The minimum absolute atomic E-state index is 0.00919. The number of para-hydroxylation sites is 1. The van der Waals surface area contributed by atoms with Gasteiger partial charge < -0.3 is 15.8 Å². The van der Waals surface area contributed by atoms with Crippen LogP contribution in [0.25, 0.3) is 0 Å². The number of rotatable bonds is 3. The van der Waals surface area contributed by atoms with Crippen LogP contribution < -0.4 is 11.1 Å². The summed E-state index contributed by atoms with van der Waals surface area (Å²) in [6, 6.07) is 10.0. The van der Waals surface area contributed by atoms with E-state index in [1.807, 2.05) is 30.3 Å². The van der Waals surface area contributed by atoms with E-state index in [9.17, 15) is 0 Å². The summed E-state index contributed by atoms with van der Waals surface area (Å²) in [4.78, 5) is 4.58. The zero-order chi connectivity index (χ0) is 14.1. The van der Waals surface area contributed by atoms with Gasteiger partial charge in [0.05, 0.1) is 11.6 Å². The number of anilines is 1.